The van der Waals surface area contributed by atoms with Crippen LogP contribution in [0.25, 0.3) is 0 Å². The van der Waals surface area contributed by atoms with Crippen LogP contribution >= 0.6 is 15.9 Å². The average molecular weight is 344 g/mol. The second-order valence-corrected chi connectivity index (χ2v) is 6.17. The number of hydrogen-bond acceptors (Lipinski definition) is 2. The molecule has 1 aromatic rings. The zero-order chi connectivity index (χ0) is 14.7. The molecule has 2 unspecified atom stereocenters. The van der Waals surface area contributed by atoms with E-state index in [1.54, 1.807) is 0 Å². The van der Waals surface area contributed by atoms with Crippen molar-refractivity contribution in [1.82, 2.24) is 0 Å². The number of carbonyl (C=O) groups is 1. The van der Waals surface area contributed by atoms with Crippen LogP contribution in [-0.2, 0) is 0 Å². The molecule has 0 radical (unpaired) electrons. The molecule has 2 atom stereocenters. The minimum absolute atomic E-state index is 0.0119. The van der Waals surface area contributed by atoms with Crippen molar-refractivity contribution in [2.45, 2.75) is 45.1 Å². The predicted molar refractivity (Wildman–Crippen MR) is 80.7 cm³/mol. The van der Waals surface area contributed by atoms with E-state index in [0.717, 1.165) is 25.7 Å². The highest BCUT2D eigenvalue weighted by Gasteiger charge is 2.23. The van der Waals surface area contributed by atoms with Crippen LogP contribution in [0, 0.1) is 11.7 Å². The van der Waals surface area contributed by atoms with Gasteiger partial charge in [-0.25, -0.2) is 9.18 Å². The summed E-state index contributed by atoms with van der Waals surface area (Å²) in [5, 5.41) is 12.2. The molecule has 0 saturated heterocycles. The Balaban J connectivity index is 2.14. The summed E-state index contributed by atoms with van der Waals surface area (Å²) in [6.07, 6.45) is 5.65. The van der Waals surface area contributed by atoms with E-state index >= 15 is 0 Å². The Morgan fingerprint density at radius 3 is 2.90 bits per heavy atom. The van der Waals surface area contributed by atoms with Crippen LogP contribution in [-0.4, -0.2) is 17.1 Å². The normalized spacial score (nSPS) is 22.6. The second-order valence-electron chi connectivity index (χ2n) is 5.38. The van der Waals surface area contributed by atoms with E-state index in [1.807, 2.05) is 0 Å². The SMILES string of the molecule is CCC1CCCC(Nc2ccc(C(=O)O)c(Br)c2F)C1. The first-order chi connectivity index (χ1) is 9.52. The van der Waals surface area contributed by atoms with Gasteiger partial charge in [-0.05, 0) is 46.8 Å². The van der Waals surface area contributed by atoms with Crippen LogP contribution < -0.4 is 5.32 Å². The number of benzene rings is 1. The molecule has 0 aromatic heterocycles. The summed E-state index contributed by atoms with van der Waals surface area (Å²) in [5.41, 5.74) is 0.326. The molecule has 1 fully saturated rings. The van der Waals surface area contributed by atoms with Gasteiger partial charge in [-0.2, -0.15) is 0 Å². The molecule has 110 valence electrons. The number of carboxylic acids is 1. The summed E-state index contributed by atoms with van der Waals surface area (Å²) in [7, 11) is 0. The fourth-order valence-electron chi connectivity index (χ4n) is 2.84. The molecule has 1 aromatic carbocycles. The maximum Gasteiger partial charge on any atom is 0.336 e. The van der Waals surface area contributed by atoms with Crippen LogP contribution in [0.4, 0.5) is 10.1 Å². The van der Waals surface area contributed by atoms with Crippen LogP contribution in [0.5, 0.6) is 0 Å². The first kappa shape index (κ1) is 15.3. The lowest BCUT2D eigenvalue weighted by Crippen LogP contribution is -2.27. The lowest BCUT2D eigenvalue weighted by atomic mass is 9.84. The first-order valence-corrected chi connectivity index (χ1v) is 7.80. The molecule has 0 bridgehead atoms. The average Bonchev–Trinajstić information content (AvgIpc) is 2.44. The molecule has 0 amide bonds. The Morgan fingerprint density at radius 1 is 1.50 bits per heavy atom. The Labute approximate surface area is 126 Å². The number of rotatable bonds is 4. The van der Waals surface area contributed by atoms with Gasteiger partial charge in [-0.3, -0.25) is 0 Å². The molecule has 20 heavy (non-hydrogen) atoms. The van der Waals surface area contributed by atoms with Crippen molar-refractivity contribution in [2.75, 3.05) is 5.32 Å². The minimum atomic E-state index is -1.13. The molecule has 0 spiro atoms. The van der Waals surface area contributed by atoms with Gasteiger partial charge in [-0.15, -0.1) is 0 Å². The summed E-state index contributed by atoms with van der Waals surface area (Å²) in [4.78, 5) is 10.9. The molecule has 2 rings (SSSR count). The van der Waals surface area contributed by atoms with Gasteiger partial charge in [-0.1, -0.05) is 26.2 Å². The van der Waals surface area contributed by atoms with E-state index in [9.17, 15) is 9.18 Å². The smallest absolute Gasteiger partial charge is 0.336 e. The van der Waals surface area contributed by atoms with Crippen molar-refractivity contribution in [3.8, 4) is 0 Å². The minimum Gasteiger partial charge on any atom is -0.478 e. The molecule has 2 N–H and O–H groups in total. The molecule has 5 heteroatoms. The molecule has 1 saturated carbocycles. The number of aromatic carboxylic acids is 1. The van der Waals surface area contributed by atoms with Crippen LogP contribution in [0.3, 0.4) is 0 Å². The van der Waals surface area contributed by atoms with Crippen LogP contribution in [0.1, 0.15) is 49.4 Å². The van der Waals surface area contributed by atoms with Crippen molar-refractivity contribution in [3.63, 3.8) is 0 Å². The molecule has 1 aliphatic rings. The van der Waals surface area contributed by atoms with E-state index in [4.69, 9.17) is 5.11 Å². The largest absolute Gasteiger partial charge is 0.478 e. The highest BCUT2D eigenvalue weighted by Crippen LogP contribution is 2.32. The Morgan fingerprint density at radius 2 is 2.25 bits per heavy atom. The monoisotopic (exact) mass is 343 g/mol. The number of anilines is 1. The maximum absolute atomic E-state index is 14.2. The van der Waals surface area contributed by atoms with Crippen molar-refractivity contribution in [3.05, 3.63) is 28.0 Å². The topological polar surface area (TPSA) is 49.3 Å². The summed E-state index contributed by atoms with van der Waals surface area (Å²) in [5.74, 6) is -0.958. The van der Waals surface area contributed by atoms with Gasteiger partial charge in [0.2, 0.25) is 0 Å². The molecular weight excluding hydrogens is 325 g/mol. The van der Waals surface area contributed by atoms with Crippen LogP contribution in [0.15, 0.2) is 16.6 Å². The molecule has 0 aliphatic heterocycles. The Bertz CT molecular complexity index is 507. The van der Waals surface area contributed by atoms with E-state index < -0.39 is 11.8 Å². The first-order valence-electron chi connectivity index (χ1n) is 7.00. The summed E-state index contributed by atoms with van der Waals surface area (Å²) in [6, 6.07) is 3.21. The van der Waals surface area contributed by atoms with E-state index in [1.165, 1.54) is 18.6 Å². The van der Waals surface area contributed by atoms with Gasteiger partial charge in [0, 0.05) is 6.04 Å². The van der Waals surface area contributed by atoms with E-state index in [0.29, 0.717) is 11.6 Å². The lowest BCUT2D eigenvalue weighted by molar-refractivity contribution is 0.0695. The van der Waals surface area contributed by atoms with Crippen molar-refractivity contribution >= 4 is 27.6 Å². The molecule has 0 heterocycles. The third-order valence-corrected chi connectivity index (χ3v) is 4.81. The molecular formula is C15H19BrFNO2. The number of halogens is 2. The fraction of sp³-hybridized carbons (Fsp3) is 0.533. The van der Waals surface area contributed by atoms with Crippen molar-refractivity contribution < 1.29 is 14.3 Å². The predicted octanol–water partition coefficient (Wildman–Crippen LogP) is 4.67. The third-order valence-electron chi connectivity index (χ3n) is 4.03. The van der Waals surface area contributed by atoms with Gasteiger partial charge < -0.3 is 10.4 Å². The summed E-state index contributed by atoms with van der Waals surface area (Å²) in [6.45, 7) is 2.19. The quantitative estimate of drug-likeness (QED) is 0.835. The Hall–Kier alpha value is -1.10. The second kappa shape index (κ2) is 6.57. The summed E-state index contributed by atoms with van der Waals surface area (Å²) >= 11 is 3.03. The van der Waals surface area contributed by atoms with Gasteiger partial charge in [0.15, 0.2) is 5.82 Å². The standard InChI is InChI=1S/C15H19BrFNO2/c1-2-9-4-3-5-10(8-9)18-12-7-6-11(15(19)20)13(16)14(12)17/h6-7,9-10,18H,2-5,8H2,1H3,(H,19,20). The van der Waals surface area contributed by atoms with Crippen LogP contribution in [0.2, 0.25) is 0 Å². The zero-order valence-electron chi connectivity index (χ0n) is 11.5. The molecule has 1 aliphatic carbocycles. The van der Waals surface area contributed by atoms with Gasteiger partial charge >= 0.3 is 5.97 Å². The highest BCUT2D eigenvalue weighted by atomic mass is 79.9. The third kappa shape index (κ3) is 3.32. The van der Waals surface area contributed by atoms with Gasteiger partial charge in [0.25, 0.3) is 0 Å². The van der Waals surface area contributed by atoms with E-state index in [-0.39, 0.29) is 16.1 Å². The summed E-state index contributed by atoms with van der Waals surface area (Å²) < 4.78 is 14.2. The van der Waals surface area contributed by atoms with E-state index in [2.05, 4.69) is 28.2 Å². The van der Waals surface area contributed by atoms with Crippen molar-refractivity contribution in [2.24, 2.45) is 5.92 Å². The molecule has 3 nitrogen and oxygen atoms in total. The number of nitrogens with one attached hydrogen (secondary N) is 1. The van der Waals surface area contributed by atoms with Crippen molar-refractivity contribution in [1.29, 1.82) is 0 Å². The van der Waals surface area contributed by atoms with Gasteiger partial charge in [0.05, 0.1) is 15.7 Å². The number of carboxylic acid groups (broad SMARTS) is 1. The number of hydrogen-bond donors (Lipinski definition) is 2. The zero-order valence-corrected chi connectivity index (χ0v) is 13.0. The van der Waals surface area contributed by atoms with Gasteiger partial charge in [0.1, 0.15) is 0 Å². The highest BCUT2D eigenvalue weighted by molar-refractivity contribution is 9.10. The lowest BCUT2D eigenvalue weighted by Gasteiger charge is -2.30. The Kier molecular flexibility index (Phi) is 5.02. The maximum atomic E-state index is 14.2. The fourth-order valence-corrected chi connectivity index (χ4v) is 3.35.